The molecule has 0 aliphatic heterocycles. The molecule has 7 N–H and O–H groups in total. The van der Waals surface area contributed by atoms with Crippen molar-refractivity contribution in [1.29, 1.82) is 0 Å². The van der Waals surface area contributed by atoms with E-state index in [1.54, 1.807) is 6.07 Å². The van der Waals surface area contributed by atoms with Crippen molar-refractivity contribution < 1.29 is 14.6 Å². The molecule has 0 unspecified atom stereocenters. The third-order valence-electron chi connectivity index (χ3n) is 4.37. The van der Waals surface area contributed by atoms with E-state index in [1.165, 1.54) is 0 Å². The maximum atomic E-state index is 12.5. The zero-order chi connectivity index (χ0) is 21.6. The molecule has 8 heteroatoms. The van der Waals surface area contributed by atoms with Crippen LogP contribution in [0.1, 0.15) is 54.2 Å². The topological polar surface area (TPSA) is 150 Å². The number of aromatic nitrogens is 2. The molecule has 1 heterocycles. The van der Waals surface area contributed by atoms with Gasteiger partial charge >= 0.3 is 0 Å². The molecule has 0 radical (unpaired) electrons. The van der Waals surface area contributed by atoms with Gasteiger partial charge in [0.25, 0.3) is 0 Å². The smallest absolute Gasteiger partial charge is 0.223 e. The summed E-state index contributed by atoms with van der Waals surface area (Å²) < 4.78 is 5.69. The predicted molar refractivity (Wildman–Crippen MR) is 114 cm³/mol. The first-order valence-corrected chi connectivity index (χ1v) is 9.61. The molecule has 0 bridgehead atoms. The third kappa shape index (κ3) is 6.99. The minimum Gasteiger partial charge on any atom is -0.392 e. The lowest BCUT2D eigenvalue weighted by Gasteiger charge is -2.17. The summed E-state index contributed by atoms with van der Waals surface area (Å²) in [5.41, 5.74) is 20.0. The first-order chi connectivity index (χ1) is 13.6. The van der Waals surface area contributed by atoms with Crippen LogP contribution < -0.4 is 17.2 Å². The molecule has 0 aliphatic rings. The van der Waals surface area contributed by atoms with Gasteiger partial charge < -0.3 is 27.0 Å². The summed E-state index contributed by atoms with van der Waals surface area (Å²) in [5, 5.41) is 9.52. The van der Waals surface area contributed by atoms with E-state index in [1.807, 2.05) is 32.9 Å². The maximum Gasteiger partial charge on any atom is 0.223 e. The van der Waals surface area contributed by atoms with Gasteiger partial charge in [-0.2, -0.15) is 9.97 Å². The lowest BCUT2D eigenvalue weighted by molar-refractivity contribution is 0.0939. The van der Waals surface area contributed by atoms with E-state index in [4.69, 9.17) is 21.9 Å². The fourth-order valence-electron chi connectivity index (χ4n) is 3.00. The summed E-state index contributed by atoms with van der Waals surface area (Å²) in [7, 11) is 0. The van der Waals surface area contributed by atoms with Gasteiger partial charge in [-0.15, -0.1) is 0 Å². The average Bonchev–Trinajstić information content (AvgIpc) is 2.61. The van der Waals surface area contributed by atoms with Gasteiger partial charge in [-0.1, -0.05) is 26.8 Å². The summed E-state index contributed by atoms with van der Waals surface area (Å²) in [6.07, 6.45) is 1.54. The molecule has 158 valence electrons. The number of ketones is 1. The van der Waals surface area contributed by atoms with Crippen LogP contribution in [0.4, 0.5) is 17.6 Å². The van der Waals surface area contributed by atoms with Crippen molar-refractivity contribution in [1.82, 2.24) is 9.97 Å². The van der Waals surface area contributed by atoms with E-state index in [-0.39, 0.29) is 35.4 Å². The molecule has 0 fully saturated rings. The van der Waals surface area contributed by atoms with Crippen LogP contribution in [-0.4, -0.2) is 34.1 Å². The highest BCUT2D eigenvalue weighted by Gasteiger charge is 2.18. The van der Waals surface area contributed by atoms with E-state index in [9.17, 15) is 9.90 Å². The number of ether oxygens (including phenoxy) is 1. The Morgan fingerprint density at radius 1 is 1.00 bits per heavy atom. The fourth-order valence-corrected chi connectivity index (χ4v) is 3.00. The van der Waals surface area contributed by atoms with Gasteiger partial charge in [0.2, 0.25) is 5.95 Å². The van der Waals surface area contributed by atoms with Crippen molar-refractivity contribution >= 4 is 23.4 Å². The Bertz CT molecular complexity index is 839. The first-order valence-electron chi connectivity index (χ1n) is 9.61. The van der Waals surface area contributed by atoms with Crippen LogP contribution in [0.15, 0.2) is 18.2 Å². The van der Waals surface area contributed by atoms with Gasteiger partial charge in [-0.3, -0.25) is 4.79 Å². The van der Waals surface area contributed by atoms with E-state index in [0.717, 1.165) is 11.1 Å². The van der Waals surface area contributed by atoms with Crippen LogP contribution in [0, 0.1) is 5.41 Å². The molecule has 2 aromatic rings. The standard InChI is InChI=1S/C21H31N5O3/c1-21(2,3)11-17(28)15-9-13(8-14(10-15)12-27)4-6-29-7-5-16-18(22)25-20(24)26-19(16)23/h8-10,27H,4-7,11-12H2,1-3H3,(H6,22,23,24,25,26). The zero-order valence-electron chi connectivity index (χ0n) is 17.4. The van der Waals surface area contributed by atoms with Crippen molar-refractivity contribution in [3.63, 3.8) is 0 Å². The van der Waals surface area contributed by atoms with Crippen molar-refractivity contribution in [2.75, 3.05) is 30.4 Å². The van der Waals surface area contributed by atoms with Crippen LogP contribution in [0.2, 0.25) is 0 Å². The Labute approximate surface area is 171 Å². The predicted octanol–water partition coefficient (Wildman–Crippen LogP) is 2.14. The second-order valence-corrected chi connectivity index (χ2v) is 8.30. The Morgan fingerprint density at radius 3 is 2.17 bits per heavy atom. The van der Waals surface area contributed by atoms with E-state index < -0.39 is 0 Å². The van der Waals surface area contributed by atoms with Gasteiger partial charge in [-0.05, 0) is 35.1 Å². The molecule has 0 aliphatic carbocycles. The minimum atomic E-state index is -0.111. The zero-order valence-corrected chi connectivity index (χ0v) is 17.4. The van der Waals surface area contributed by atoms with E-state index >= 15 is 0 Å². The highest BCUT2D eigenvalue weighted by atomic mass is 16.5. The molecule has 0 saturated carbocycles. The molecule has 1 aromatic heterocycles. The highest BCUT2D eigenvalue weighted by molar-refractivity contribution is 5.96. The number of rotatable bonds is 9. The highest BCUT2D eigenvalue weighted by Crippen LogP contribution is 2.23. The van der Waals surface area contributed by atoms with Crippen LogP contribution in [-0.2, 0) is 24.2 Å². The van der Waals surface area contributed by atoms with Gasteiger partial charge in [0.1, 0.15) is 11.6 Å². The third-order valence-corrected chi connectivity index (χ3v) is 4.37. The lowest BCUT2D eigenvalue weighted by atomic mass is 9.87. The Balaban J connectivity index is 1.93. The molecule has 8 nitrogen and oxygen atoms in total. The SMILES string of the molecule is CC(C)(C)CC(=O)c1cc(CO)cc(CCOCCc2c(N)nc(N)nc2N)c1. The molecule has 1 aromatic carbocycles. The second-order valence-electron chi connectivity index (χ2n) is 8.30. The number of carbonyl (C=O) groups excluding carboxylic acids is 1. The van der Waals surface area contributed by atoms with Crippen LogP contribution in [0.5, 0.6) is 0 Å². The molecular weight excluding hydrogens is 370 g/mol. The molecule has 0 spiro atoms. The molecule has 29 heavy (non-hydrogen) atoms. The maximum absolute atomic E-state index is 12.5. The second kappa shape index (κ2) is 9.67. The Hall–Kier alpha value is -2.71. The van der Waals surface area contributed by atoms with E-state index in [2.05, 4.69) is 9.97 Å². The van der Waals surface area contributed by atoms with E-state index in [0.29, 0.717) is 43.6 Å². The van der Waals surface area contributed by atoms with Gasteiger partial charge in [0.15, 0.2) is 5.78 Å². The summed E-state index contributed by atoms with van der Waals surface area (Å²) >= 11 is 0. The normalized spacial score (nSPS) is 11.6. The fraction of sp³-hybridized carbons (Fsp3) is 0.476. The number of Topliss-reactive ketones (excluding diaryl/α,β-unsaturated/α-hetero) is 1. The quantitative estimate of drug-likeness (QED) is 0.368. The number of nitrogen functional groups attached to an aromatic ring is 3. The number of nitrogens with two attached hydrogens (primary N) is 3. The lowest BCUT2D eigenvalue weighted by Crippen LogP contribution is -2.14. The monoisotopic (exact) mass is 401 g/mol. The number of aliphatic hydroxyl groups is 1. The summed E-state index contributed by atoms with van der Waals surface area (Å²) in [6, 6.07) is 5.52. The van der Waals surface area contributed by atoms with Gasteiger partial charge in [0, 0.05) is 24.0 Å². The Morgan fingerprint density at radius 2 is 1.59 bits per heavy atom. The number of benzene rings is 1. The number of nitrogens with zero attached hydrogens (tertiary/aromatic N) is 2. The van der Waals surface area contributed by atoms with Crippen molar-refractivity contribution in [3.05, 3.63) is 40.5 Å². The van der Waals surface area contributed by atoms with Crippen molar-refractivity contribution in [2.45, 2.75) is 46.6 Å². The minimum absolute atomic E-state index is 0.0465. The van der Waals surface area contributed by atoms with Crippen LogP contribution >= 0.6 is 0 Å². The first kappa shape index (κ1) is 22.6. The van der Waals surface area contributed by atoms with Crippen molar-refractivity contribution in [3.8, 4) is 0 Å². The van der Waals surface area contributed by atoms with Gasteiger partial charge in [-0.25, -0.2) is 0 Å². The molecule has 0 atom stereocenters. The number of aliphatic hydroxyl groups excluding tert-OH is 1. The Kier molecular flexibility index (Phi) is 7.53. The molecule has 0 saturated heterocycles. The van der Waals surface area contributed by atoms with Crippen molar-refractivity contribution in [2.24, 2.45) is 5.41 Å². The molecule has 2 rings (SSSR count). The van der Waals surface area contributed by atoms with Crippen LogP contribution in [0.3, 0.4) is 0 Å². The average molecular weight is 402 g/mol. The number of hydrogen-bond acceptors (Lipinski definition) is 8. The van der Waals surface area contributed by atoms with Gasteiger partial charge in [0.05, 0.1) is 19.8 Å². The number of hydrogen-bond donors (Lipinski definition) is 4. The molecular formula is C21H31N5O3. The van der Waals surface area contributed by atoms with Crippen LogP contribution in [0.25, 0.3) is 0 Å². The summed E-state index contributed by atoms with van der Waals surface area (Å²) in [5.74, 6) is 0.641. The number of carbonyl (C=O) groups is 1. The summed E-state index contributed by atoms with van der Waals surface area (Å²) in [4.78, 5) is 20.4. The molecule has 0 amide bonds. The largest absolute Gasteiger partial charge is 0.392 e. The number of anilines is 3. The summed E-state index contributed by atoms with van der Waals surface area (Å²) in [6.45, 7) is 6.83.